The molecule has 1 aliphatic heterocycles. The van der Waals surface area contributed by atoms with Crippen LogP contribution in [0.15, 0.2) is 54.6 Å². The molecule has 1 amide bonds. The number of anilines is 1. The molecule has 0 fully saturated rings. The van der Waals surface area contributed by atoms with E-state index in [1.165, 1.54) is 0 Å². The lowest BCUT2D eigenvalue weighted by atomic mass is 9.67. The Balaban J connectivity index is 2.16. The van der Waals surface area contributed by atoms with Crippen LogP contribution >= 0.6 is 0 Å². The highest BCUT2D eigenvalue weighted by Gasteiger charge is 2.51. The number of likely N-dealkylation sites (N-methyl/N-ethyl adjacent to an activating group) is 1. The van der Waals surface area contributed by atoms with E-state index in [4.69, 9.17) is 0 Å². The number of nitrogens with zero attached hydrogens (tertiary/aromatic N) is 2. The molecule has 2 aromatic carbocycles. The van der Waals surface area contributed by atoms with Gasteiger partial charge in [0, 0.05) is 12.7 Å². The van der Waals surface area contributed by atoms with Gasteiger partial charge < -0.3 is 4.90 Å². The van der Waals surface area contributed by atoms with Gasteiger partial charge in [-0.05, 0) is 43.9 Å². The topological polar surface area (TPSA) is 44.1 Å². The average Bonchev–Trinajstić information content (AvgIpc) is 2.78. The largest absolute Gasteiger partial charge is 0.314 e. The van der Waals surface area contributed by atoms with Crippen LogP contribution in [-0.2, 0) is 16.6 Å². The highest BCUT2D eigenvalue weighted by Crippen LogP contribution is 2.49. The predicted octanol–water partition coefficient (Wildman–Crippen LogP) is 4.08. The van der Waals surface area contributed by atoms with E-state index in [1.807, 2.05) is 63.4 Å². The predicted molar refractivity (Wildman–Crippen MR) is 95.7 cm³/mol. The summed E-state index contributed by atoms with van der Waals surface area (Å²) in [5.41, 5.74) is 1.83. The second kappa shape index (κ2) is 5.79. The number of hydrogen-bond donors (Lipinski definition) is 0. The molecule has 0 N–H and O–H groups in total. The first kappa shape index (κ1) is 16.3. The second-order valence-corrected chi connectivity index (χ2v) is 7.30. The van der Waals surface area contributed by atoms with Gasteiger partial charge in [0.25, 0.3) is 0 Å². The van der Waals surface area contributed by atoms with Crippen LogP contribution in [0.5, 0.6) is 0 Å². The SMILES string of the molecule is CN1C(=O)C(Cc2ccccc2)(CC(C)(C)C#N)c2ccccc21. The summed E-state index contributed by atoms with van der Waals surface area (Å²) in [7, 11) is 1.83. The van der Waals surface area contributed by atoms with Gasteiger partial charge in [0.05, 0.1) is 16.9 Å². The van der Waals surface area contributed by atoms with Gasteiger partial charge in [-0.3, -0.25) is 4.79 Å². The van der Waals surface area contributed by atoms with E-state index in [-0.39, 0.29) is 5.91 Å². The van der Waals surface area contributed by atoms with Gasteiger partial charge in [-0.1, -0.05) is 48.5 Å². The molecule has 0 aliphatic carbocycles. The normalized spacial score (nSPS) is 19.9. The van der Waals surface area contributed by atoms with Crippen molar-refractivity contribution in [2.45, 2.75) is 32.1 Å². The van der Waals surface area contributed by atoms with E-state index in [2.05, 4.69) is 18.2 Å². The summed E-state index contributed by atoms with van der Waals surface area (Å²) in [6.45, 7) is 3.82. The Hall–Kier alpha value is -2.60. The molecule has 24 heavy (non-hydrogen) atoms. The van der Waals surface area contributed by atoms with Crippen LogP contribution in [0.4, 0.5) is 5.69 Å². The van der Waals surface area contributed by atoms with Crippen molar-refractivity contribution in [1.29, 1.82) is 5.26 Å². The molecule has 1 unspecified atom stereocenters. The zero-order valence-electron chi connectivity index (χ0n) is 14.4. The molecule has 3 rings (SSSR count). The highest BCUT2D eigenvalue weighted by atomic mass is 16.2. The number of carbonyl (C=O) groups is 1. The van der Waals surface area contributed by atoms with E-state index in [0.29, 0.717) is 12.8 Å². The van der Waals surface area contributed by atoms with Gasteiger partial charge in [0.15, 0.2) is 0 Å². The third kappa shape index (κ3) is 2.59. The van der Waals surface area contributed by atoms with Crippen molar-refractivity contribution < 1.29 is 4.79 Å². The fourth-order valence-electron chi connectivity index (χ4n) is 3.86. The summed E-state index contributed by atoms with van der Waals surface area (Å²) >= 11 is 0. The molecule has 0 saturated carbocycles. The molecule has 2 aromatic rings. The maximum absolute atomic E-state index is 13.3. The number of benzene rings is 2. The zero-order valence-corrected chi connectivity index (χ0v) is 14.4. The van der Waals surface area contributed by atoms with E-state index in [0.717, 1.165) is 16.8 Å². The first-order chi connectivity index (χ1) is 11.4. The molecule has 1 aliphatic rings. The molecular weight excluding hydrogens is 296 g/mol. The van der Waals surface area contributed by atoms with Crippen LogP contribution in [-0.4, -0.2) is 13.0 Å². The molecule has 0 saturated heterocycles. The molecule has 0 radical (unpaired) electrons. The van der Waals surface area contributed by atoms with E-state index in [9.17, 15) is 10.1 Å². The van der Waals surface area contributed by atoms with Crippen molar-refractivity contribution in [3.8, 4) is 6.07 Å². The molecule has 1 heterocycles. The van der Waals surface area contributed by atoms with Gasteiger partial charge in [-0.25, -0.2) is 0 Å². The Labute approximate surface area is 143 Å². The Morgan fingerprint density at radius 1 is 1.08 bits per heavy atom. The zero-order chi connectivity index (χ0) is 17.4. The molecule has 0 aromatic heterocycles. The van der Waals surface area contributed by atoms with Gasteiger partial charge in [-0.15, -0.1) is 0 Å². The number of carbonyl (C=O) groups excluding carboxylic acids is 1. The van der Waals surface area contributed by atoms with Crippen molar-refractivity contribution in [1.82, 2.24) is 0 Å². The van der Waals surface area contributed by atoms with Gasteiger partial charge in [-0.2, -0.15) is 5.26 Å². The lowest BCUT2D eigenvalue weighted by Gasteiger charge is -2.33. The minimum Gasteiger partial charge on any atom is -0.314 e. The van der Waals surface area contributed by atoms with Gasteiger partial charge in [0.1, 0.15) is 0 Å². The van der Waals surface area contributed by atoms with Crippen LogP contribution in [0, 0.1) is 16.7 Å². The van der Waals surface area contributed by atoms with Crippen molar-refractivity contribution in [2.75, 3.05) is 11.9 Å². The number of amides is 1. The maximum atomic E-state index is 13.3. The maximum Gasteiger partial charge on any atom is 0.237 e. The summed E-state index contributed by atoms with van der Waals surface area (Å²) in [6, 6.07) is 20.4. The van der Waals surface area contributed by atoms with Crippen molar-refractivity contribution in [2.24, 2.45) is 5.41 Å². The quantitative estimate of drug-likeness (QED) is 0.852. The van der Waals surface area contributed by atoms with E-state index < -0.39 is 10.8 Å². The molecule has 0 spiro atoms. The second-order valence-electron chi connectivity index (χ2n) is 7.30. The van der Waals surface area contributed by atoms with Crippen LogP contribution in [0.2, 0.25) is 0 Å². The fourth-order valence-corrected chi connectivity index (χ4v) is 3.86. The lowest BCUT2D eigenvalue weighted by molar-refractivity contribution is -0.123. The Morgan fingerprint density at radius 2 is 1.71 bits per heavy atom. The third-order valence-corrected chi connectivity index (χ3v) is 4.89. The Kier molecular flexibility index (Phi) is 3.93. The van der Waals surface area contributed by atoms with Gasteiger partial charge >= 0.3 is 0 Å². The molecule has 0 bridgehead atoms. The summed E-state index contributed by atoms with van der Waals surface area (Å²) in [4.78, 5) is 15.0. The molecule has 3 nitrogen and oxygen atoms in total. The summed E-state index contributed by atoms with van der Waals surface area (Å²) in [5, 5.41) is 9.56. The van der Waals surface area contributed by atoms with Crippen molar-refractivity contribution in [3.05, 3.63) is 65.7 Å². The van der Waals surface area contributed by atoms with Crippen LogP contribution in [0.1, 0.15) is 31.4 Å². The number of para-hydroxylation sites is 1. The minimum atomic E-state index is -0.689. The fraction of sp³-hybridized carbons (Fsp3) is 0.333. The van der Waals surface area contributed by atoms with Crippen LogP contribution < -0.4 is 4.90 Å². The van der Waals surface area contributed by atoms with E-state index in [1.54, 1.807) is 4.90 Å². The highest BCUT2D eigenvalue weighted by molar-refractivity contribution is 6.08. The summed E-state index contributed by atoms with van der Waals surface area (Å²) < 4.78 is 0. The number of hydrogen-bond acceptors (Lipinski definition) is 2. The lowest BCUT2D eigenvalue weighted by Crippen LogP contribution is -2.43. The first-order valence-corrected chi connectivity index (χ1v) is 8.22. The van der Waals surface area contributed by atoms with Crippen molar-refractivity contribution >= 4 is 11.6 Å². The number of rotatable bonds is 4. The monoisotopic (exact) mass is 318 g/mol. The van der Waals surface area contributed by atoms with Crippen LogP contribution in [0.25, 0.3) is 0 Å². The summed E-state index contributed by atoms with van der Waals surface area (Å²) in [6.07, 6.45) is 1.12. The molecule has 122 valence electrons. The van der Waals surface area contributed by atoms with Crippen molar-refractivity contribution in [3.63, 3.8) is 0 Å². The Morgan fingerprint density at radius 3 is 2.38 bits per heavy atom. The van der Waals surface area contributed by atoms with E-state index >= 15 is 0 Å². The smallest absolute Gasteiger partial charge is 0.237 e. The molecule has 1 atom stereocenters. The first-order valence-electron chi connectivity index (χ1n) is 8.22. The Bertz CT molecular complexity index is 804. The van der Waals surface area contributed by atoms with Gasteiger partial charge in [0.2, 0.25) is 5.91 Å². The molecule has 3 heteroatoms. The average molecular weight is 318 g/mol. The summed E-state index contributed by atoms with van der Waals surface area (Å²) in [5.74, 6) is 0.0795. The van der Waals surface area contributed by atoms with Crippen LogP contribution in [0.3, 0.4) is 0 Å². The third-order valence-electron chi connectivity index (χ3n) is 4.89. The number of nitriles is 1. The minimum absolute atomic E-state index is 0.0795. The molecular formula is C21H22N2O. The standard InChI is InChI=1S/C21H22N2O/c1-20(2,15-22)14-21(13-16-9-5-4-6-10-16)17-11-7-8-12-18(17)23(3)19(21)24/h4-12H,13-14H2,1-3H3. The number of fused-ring (bicyclic) bond motifs is 1.